The molecular weight excluding hydrogens is 294 g/mol. The highest BCUT2D eigenvalue weighted by Gasteiger charge is 2.43. The lowest BCUT2D eigenvalue weighted by molar-refractivity contribution is -0.112. The van der Waals surface area contributed by atoms with Gasteiger partial charge in [-0.2, -0.15) is 0 Å². The molecule has 0 unspecified atom stereocenters. The Bertz CT molecular complexity index is 421. The van der Waals surface area contributed by atoms with Crippen molar-refractivity contribution in [1.82, 2.24) is 4.90 Å². The summed E-state index contributed by atoms with van der Waals surface area (Å²) in [5.74, 6) is 0.561. The van der Waals surface area contributed by atoms with E-state index in [1.165, 1.54) is 0 Å². The minimum atomic E-state index is -1.84. The molecule has 4 nitrogen and oxygen atoms in total. The predicted molar refractivity (Wildman–Crippen MR) is 93.2 cm³/mol. The topological polar surface area (TPSA) is 38.8 Å². The Morgan fingerprint density at radius 2 is 1.77 bits per heavy atom. The van der Waals surface area contributed by atoms with Gasteiger partial charge < -0.3 is 18.9 Å². The quantitative estimate of drug-likeness (QED) is 0.435. The van der Waals surface area contributed by atoms with Gasteiger partial charge in [0.15, 0.2) is 14.2 Å². The maximum atomic E-state index is 11.4. The molecule has 1 fully saturated rings. The molecule has 0 aromatic carbocycles. The highest BCUT2D eigenvalue weighted by Crippen LogP contribution is 2.39. The van der Waals surface area contributed by atoms with E-state index in [4.69, 9.17) is 9.16 Å². The Labute approximate surface area is 137 Å². The van der Waals surface area contributed by atoms with E-state index < -0.39 is 8.32 Å². The van der Waals surface area contributed by atoms with Gasteiger partial charge in [0, 0.05) is 13.0 Å². The average molecular weight is 328 g/mol. The Morgan fingerprint density at radius 3 is 2.18 bits per heavy atom. The van der Waals surface area contributed by atoms with Crippen LogP contribution in [-0.2, 0) is 14.0 Å². The third-order valence-corrected chi connectivity index (χ3v) is 9.01. The Kier molecular flexibility index (Phi) is 5.56. The van der Waals surface area contributed by atoms with Gasteiger partial charge in [0.25, 0.3) is 0 Å². The van der Waals surface area contributed by atoms with Crippen LogP contribution in [0.2, 0.25) is 18.1 Å². The molecule has 1 aliphatic heterocycles. The zero-order valence-corrected chi connectivity index (χ0v) is 16.5. The third kappa shape index (κ3) is 4.85. The molecule has 1 aliphatic rings. The second-order valence-corrected chi connectivity index (χ2v) is 13.5. The van der Waals surface area contributed by atoms with Gasteiger partial charge >= 0.3 is 0 Å². The van der Waals surface area contributed by atoms with Crippen molar-refractivity contribution in [2.75, 3.05) is 6.54 Å². The molecular formula is C17H33NO3Si. The van der Waals surface area contributed by atoms with Gasteiger partial charge in [-0.3, -0.25) is 0 Å². The van der Waals surface area contributed by atoms with E-state index in [0.29, 0.717) is 18.8 Å². The summed E-state index contributed by atoms with van der Waals surface area (Å²) in [7, 11) is -1.84. The largest absolute Gasteiger partial charge is 0.474 e. The van der Waals surface area contributed by atoms with E-state index in [-0.39, 0.29) is 22.8 Å². The van der Waals surface area contributed by atoms with Crippen LogP contribution in [0.5, 0.6) is 0 Å². The molecule has 128 valence electrons. The van der Waals surface area contributed by atoms with Crippen LogP contribution in [0, 0.1) is 0 Å². The highest BCUT2D eigenvalue weighted by atomic mass is 28.4. The first-order chi connectivity index (χ1) is 9.77. The fraction of sp³-hybridized carbons (Fsp3) is 0.824. The van der Waals surface area contributed by atoms with Gasteiger partial charge in [-0.1, -0.05) is 20.8 Å². The number of carbonyl (C=O) groups is 1. The zero-order valence-electron chi connectivity index (χ0n) is 15.5. The molecule has 2 atom stereocenters. The van der Waals surface area contributed by atoms with E-state index >= 15 is 0 Å². The zero-order chi connectivity index (χ0) is 17.3. The molecule has 0 aliphatic carbocycles. The summed E-state index contributed by atoms with van der Waals surface area (Å²) in [4.78, 5) is 13.4. The first-order valence-electron chi connectivity index (χ1n) is 8.04. The van der Waals surface area contributed by atoms with Crippen molar-refractivity contribution >= 4 is 14.6 Å². The molecule has 0 amide bonds. The van der Waals surface area contributed by atoms with Crippen molar-refractivity contribution in [3.8, 4) is 0 Å². The van der Waals surface area contributed by atoms with Crippen LogP contribution >= 0.6 is 0 Å². The molecule has 22 heavy (non-hydrogen) atoms. The first-order valence-corrected chi connectivity index (χ1v) is 11.0. The second kappa shape index (κ2) is 6.36. The summed E-state index contributed by atoms with van der Waals surface area (Å²) in [5.41, 5.74) is -0.317. The molecule has 0 N–H and O–H groups in total. The third-order valence-electron chi connectivity index (χ3n) is 4.47. The number of nitrogens with zero attached hydrogens (tertiary/aromatic N) is 1. The molecule has 0 aromatic rings. The van der Waals surface area contributed by atoms with Gasteiger partial charge in [0.1, 0.15) is 11.9 Å². The van der Waals surface area contributed by atoms with Crippen molar-refractivity contribution in [2.24, 2.45) is 0 Å². The molecule has 5 heteroatoms. The van der Waals surface area contributed by atoms with Gasteiger partial charge in [0.2, 0.25) is 0 Å². The smallest absolute Gasteiger partial charge is 0.192 e. The number of hydrogen-bond acceptors (Lipinski definition) is 4. The van der Waals surface area contributed by atoms with Gasteiger partial charge in [-0.15, -0.1) is 0 Å². The number of likely N-dealkylation sites (tertiary alicyclic amines) is 1. The number of aldehydes is 1. The van der Waals surface area contributed by atoms with Crippen LogP contribution in [0.15, 0.2) is 12.5 Å². The van der Waals surface area contributed by atoms with Crippen LogP contribution in [0.4, 0.5) is 0 Å². The van der Waals surface area contributed by atoms with Gasteiger partial charge in [-0.05, 0) is 45.5 Å². The number of ether oxygens (including phenoxy) is 1. The summed E-state index contributed by atoms with van der Waals surface area (Å²) in [6.45, 7) is 21.8. The van der Waals surface area contributed by atoms with Crippen LogP contribution in [0.25, 0.3) is 0 Å². The second-order valence-electron chi connectivity index (χ2n) is 8.70. The monoisotopic (exact) mass is 327 g/mol. The summed E-state index contributed by atoms with van der Waals surface area (Å²) in [6.07, 6.45) is 1.76. The van der Waals surface area contributed by atoms with Gasteiger partial charge in [0.05, 0.1) is 12.1 Å². The summed E-state index contributed by atoms with van der Waals surface area (Å²) >= 11 is 0. The van der Waals surface area contributed by atoms with Crippen molar-refractivity contribution < 1.29 is 14.0 Å². The van der Waals surface area contributed by atoms with E-state index in [1.807, 2.05) is 25.7 Å². The Hall–Kier alpha value is -0.813. The summed E-state index contributed by atoms with van der Waals surface area (Å²) in [6, 6.07) is -0.204. The van der Waals surface area contributed by atoms with E-state index in [1.54, 1.807) is 0 Å². The molecule has 0 bridgehead atoms. The van der Waals surface area contributed by atoms with Crippen molar-refractivity contribution in [3.05, 3.63) is 12.5 Å². The van der Waals surface area contributed by atoms with E-state index in [2.05, 4.69) is 40.4 Å². The minimum Gasteiger partial charge on any atom is -0.474 e. The molecule has 1 saturated heterocycles. The predicted octanol–water partition coefficient (Wildman–Crippen LogP) is 3.94. The van der Waals surface area contributed by atoms with E-state index in [0.717, 1.165) is 6.29 Å². The highest BCUT2D eigenvalue weighted by molar-refractivity contribution is 6.74. The summed E-state index contributed by atoms with van der Waals surface area (Å²) < 4.78 is 12.3. The van der Waals surface area contributed by atoms with E-state index in [9.17, 15) is 4.79 Å². The van der Waals surface area contributed by atoms with Crippen LogP contribution in [0.1, 0.15) is 48.0 Å². The maximum absolute atomic E-state index is 11.4. The fourth-order valence-electron chi connectivity index (χ4n) is 2.33. The Morgan fingerprint density at radius 1 is 1.23 bits per heavy atom. The SMILES string of the molecule is C=C(OC(C)(C)C)N1C[C@@H](O[Si](C)(C)C(C)(C)C)C[C@@H]1C=O. The molecule has 0 spiro atoms. The lowest BCUT2D eigenvalue weighted by atomic mass is 10.2. The molecule has 0 saturated carbocycles. The van der Waals surface area contributed by atoms with Gasteiger partial charge in [-0.25, -0.2) is 0 Å². The molecule has 1 heterocycles. The lowest BCUT2D eigenvalue weighted by Gasteiger charge is -2.38. The normalized spacial score (nSPS) is 23.5. The van der Waals surface area contributed by atoms with Crippen molar-refractivity contribution in [2.45, 2.75) is 83.8 Å². The van der Waals surface area contributed by atoms with Crippen molar-refractivity contribution in [3.63, 3.8) is 0 Å². The number of carbonyl (C=O) groups excluding carboxylic acids is 1. The van der Waals surface area contributed by atoms with Crippen molar-refractivity contribution in [1.29, 1.82) is 0 Å². The summed E-state index contributed by atoms with van der Waals surface area (Å²) in [5, 5.41) is 0.163. The van der Waals surface area contributed by atoms with Crippen LogP contribution in [0.3, 0.4) is 0 Å². The minimum absolute atomic E-state index is 0.0661. The van der Waals surface area contributed by atoms with Crippen LogP contribution in [-0.4, -0.2) is 43.8 Å². The maximum Gasteiger partial charge on any atom is 0.192 e. The molecule has 0 aromatic heterocycles. The number of hydrogen-bond donors (Lipinski definition) is 0. The Balaban J connectivity index is 2.77. The average Bonchev–Trinajstić information content (AvgIpc) is 2.67. The first kappa shape index (κ1) is 19.2. The number of rotatable bonds is 5. The molecule has 1 rings (SSSR count). The lowest BCUT2D eigenvalue weighted by Crippen LogP contribution is -2.44. The standard InChI is InChI=1S/C17H33NO3Si/c1-13(20-16(2,3)4)18-11-15(10-14(18)12-19)21-22(8,9)17(5,6)7/h12,14-15H,1,10-11H2,2-9H3/t14-,15+/m1/s1. The van der Waals surface area contributed by atoms with Crippen LogP contribution < -0.4 is 0 Å². The fourth-order valence-corrected chi connectivity index (χ4v) is 3.69. The molecule has 0 radical (unpaired) electrons.